The number of esters is 1. The molecule has 0 heterocycles. The molecule has 0 aliphatic heterocycles. The summed E-state index contributed by atoms with van der Waals surface area (Å²) >= 11 is 0. The molecule has 1 N–H and O–H groups in total. The molecule has 0 amide bonds. The van der Waals surface area contributed by atoms with Crippen LogP contribution in [0.15, 0.2) is 0 Å². The molecule has 0 saturated heterocycles. The molecule has 0 aromatic rings. The van der Waals surface area contributed by atoms with Gasteiger partial charge in [0.05, 0.1) is 13.5 Å². The molecule has 0 aromatic heterocycles. The number of methoxy groups -OCH3 is 1. The summed E-state index contributed by atoms with van der Waals surface area (Å²) in [6, 6.07) is 0.308. The van der Waals surface area contributed by atoms with E-state index in [1.165, 1.54) is 39.2 Å². The monoisotopic (exact) mass is 199 g/mol. The first-order valence-electron chi connectivity index (χ1n) is 5.52. The van der Waals surface area contributed by atoms with Gasteiger partial charge in [-0.3, -0.25) is 4.79 Å². The molecule has 1 atom stereocenters. The molecule has 82 valence electrons. The van der Waals surface area contributed by atoms with Gasteiger partial charge in [0.1, 0.15) is 0 Å². The van der Waals surface area contributed by atoms with Crippen LogP contribution in [0.2, 0.25) is 0 Å². The van der Waals surface area contributed by atoms with Crippen LogP contribution in [-0.2, 0) is 9.53 Å². The lowest BCUT2D eigenvalue weighted by Crippen LogP contribution is -2.37. The molecule has 3 nitrogen and oxygen atoms in total. The van der Waals surface area contributed by atoms with Gasteiger partial charge in [-0.15, -0.1) is 0 Å². The largest absolute Gasteiger partial charge is 0.469 e. The molecule has 1 unspecified atom stereocenters. The number of carbonyl (C=O) groups excluding carboxylic acids is 1. The fraction of sp³-hybridized carbons (Fsp3) is 0.909. The van der Waals surface area contributed by atoms with E-state index in [0.29, 0.717) is 18.4 Å². The summed E-state index contributed by atoms with van der Waals surface area (Å²) < 4.78 is 4.69. The summed E-state index contributed by atoms with van der Waals surface area (Å²) in [4.78, 5) is 11.2. The topological polar surface area (TPSA) is 38.3 Å². The second kappa shape index (κ2) is 6.02. The van der Waals surface area contributed by atoms with Crippen LogP contribution in [0.25, 0.3) is 0 Å². The van der Waals surface area contributed by atoms with Crippen molar-refractivity contribution < 1.29 is 9.53 Å². The lowest BCUT2D eigenvalue weighted by molar-refractivity contribution is -0.141. The average molecular weight is 199 g/mol. The van der Waals surface area contributed by atoms with Gasteiger partial charge in [-0.1, -0.05) is 19.3 Å². The highest BCUT2D eigenvalue weighted by Crippen LogP contribution is 2.27. The van der Waals surface area contributed by atoms with E-state index in [0.717, 1.165) is 0 Å². The standard InChI is InChI=1S/C11H21NO2/c1-12-10(8-11(13)14-2)9-6-4-3-5-7-9/h9-10,12H,3-8H2,1-2H3. The van der Waals surface area contributed by atoms with Crippen LogP contribution in [0.4, 0.5) is 0 Å². The Morgan fingerprint density at radius 3 is 2.57 bits per heavy atom. The number of hydrogen-bond donors (Lipinski definition) is 1. The lowest BCUT2D eigenvalue weighted by Gasteiger charge is -2.29. The fourth-order valence-electron chi connectivity index (χ4n) is 2.30. The van der Waals surface area contributed by atoms with Gasteiger partial charge in [-0.25, -0.2) is 0 Å². The first kappa shape index (κ1) is 11.5. The second-order valence-electron chi connectivity index (χ2n) is 4.07. The van der Waals surface area contributed by atoms with Crippen molar-refractivity contribution in [2.75, 3.05) is 14.2 Å². The van der Waals surface area contributed by atoms with Crippen LogP contribution < -0.4 is 5.32 Å². The van der Waals surface area contributed by atoms with Crippen molar-refractivity contribution in [3.05, 3.63) is 0 Å². The zero-order chi connectivity index (χ0) is 10.4. The number of ether oxygens (including phenoxy) is 1. The summed E-state index contributed by atoms with van der Waals surface area (Å²) in [5.41, 5.74) is 0. The Morgan fingerprint density at radius 2 is 2.07 bits per heavy atom. The Labute approximate surface area is 86.2 Å². The predicted octanol–water partition coefficient (Wildman–Crippen LogP) is 1.72. The molecule has 1 aliphatic carbocycles. The molecule has 1 fully saturated rings. The van der Waals surface area contributed by atoms with Crippen molar-refractivity contribution in [3.63, 3.8) is 0 Å². The zero-order valence-corrected chi connectivity index (χ0v) is 9.21. The van der Waals surface area contributed by atoms with E-state index in [1.807, 2.05) is 7.05 Å². The van der Waals surface area contributed by atoms with Gasteiger partial charge in [0.25, 0.3) is 0 Å². The summed E-state index contributed by atoms with van der Waals surface area (Å²) in [5.74, 6) is 0.558. The summed E-state index contributed by atoms with van der Waals surface area (Å²) in [7, 11) is 3.39. The van der Waals surface area contributed by atoms with Gasteiger partial charge in [-0.05, 0) is 25.8 Å². The fourth-order valence-corrected chi connectivity index (χ4v) is 2.30. The first-order chi connectivity index (χ1) is 6.77. The second-order valence-corrected chi connectivity index (χ2v) is 4.07. The van der Waals surface area contributed by atoms with Crippen molar-refractivity contribution >= 4 is 5.97 Å². The highest BCUT2D eigenvalue weighted by molar-refractivity contribution is 5.69. The van der Waals surface area contributed by atoms with Gasteiger partial charge >= 0.3 is 5.97 Å². The Bertz CT molecular complexity index is 176. The molecule has 3 heteroatoms. The molecule has 0 radical (unpaired) electrons. The normalized spacial score (nSPS) is 20.4. The van der Waals surface area contributed by atoms with E-state index < -0.39 is 0 Å². The van der Waals surface area contributed by atoms with Crippen molar-refractivity contribution in [2.24, 2.45) is 5.92 Å². The summed E-state index contributed by atoms with van der Waals surface area (Å²) in [5, 5.41) is 3.24. The molecular weight excluding hydrogens is 178 g/mol. The molecule has 0 aromatic carbocycles. The van der Waals surface area contributed by atoms with E-state index in [-0.39, 0.29) is 5.97 Å². The molecule has 14 heavy (non-hydrogen) atoms. The van der Waals surface area contributed by atoms with E-state index >= 15 is 0 Å². The third kappa shape index (κ3) is 3.29. The number of hydrogen-bond acceptors (Lipinski definition) is 3. The smallest absolute Gasteiger partial charge is 0.307 e. The minimum Gasteiger partial charge on any atom is -0.469 e. The molecule has 1 saturated carbocycles. The summed E-state index contributed by atoms with van der Waals surface area (Å²) in [6.07, 6.45) is 6.99. The van der Waals surface area contributed by atoms with E-state index in [9.17, 15) is 4.79 Å². The third-order valence-electron chi connectivity index (χ3n) is 3.20. The maximum absolute atomic E-state index is 11.2. The Balaban J connectivity index is 2.39. The molecule has 1 rings (SSSR count). The molecule has 1 aliphatic rings. The molecule has 0 bridgehead atoms. The molecule has 0 spiro atoms. The van der Waals surface area contributed by atoms with Gasteiger partial charge in [0.15, 0.2) is 0 Å². The van der Waals surface area contributed by atoms with Crippen LogP contribution >= 0.6 is 0 Å². The number of rotatable bonds is 4. The minimum absolute atomic E-state index is 0.102. The minimum atomic E-state index is -0.102. The Morgan fingerprint density at radius 1 is 1.43 bits per heavy atom. The molecular formula is C11H21NO2. The van der Waals surface area contributed by atoms with Crippen molar-refractivity contribution in [2.45, 2.75) is 44.6 Å². The first-order valence-corrected chi connectivity index (χ1v) is 5.52. The van der Waals surface area contributed by atoms with E-state index in [2.05, 4.69) is 5.32 Å². The van der Waals surface area contributed by atoms with Crippen molar-refractivity contribution in [1.29, 1.82) is 0 Å². The van der Waals surface area contributed by atoms with Crippen LogP contribution in [0.3, 0.4) is 0 Å². The number of carbonyl (C=O) groups is 1. The van der Waals surface area contributed by atoms with E-state index in [4.69, 9.17) is 4.74 Å². The zero-order valence-electron chi connectivity index (χ0n) is 9.21. The Hall–Kier alpha value is -0.570. The van der Waals surface area contributed by atoms with Crippen molar-refractivity contribution in [3.8, 4) is 0 Å². The van der Waals surface area contributed by atoms with Gasteiger partial charge in [0.2, 0.25) is 0 Å². The van der Waals surface area contributed by atoms with Crippen LogP contribution in [0.1, 0.15) is 38.5 Å². The van der Waals surface area contributed by atoms with Crippen LogP contribution in [0, 0.1) is 5.92 Å². The highest BCUT2D eigenvalue weighted by atomic mass is 16.5. The van der Waals surface area contributed by atoms with Crippen LogP contribution in [0.5, 0.6) is 0 Å². The van der Waals surface area contributed by atoms with E-state index in [1.54, 1.807) is 0 Å². The van der Waals surface area contributed by atoms with Crippen molar-refractivity contribution in [1.82, 2.24) is 5.32 Å². The predicted molar refractivity (Wildman–Crippen MR) is 56.1 cm³/mol. The SMILES string of the molecule is CNC(CC(=O)OC)C1CCCCC1. The third-order valence-corrected chi connectivity index (χ3v) is 3.20. The van der Waals surface area contributed by atoms with Crippen LogP contribution in [-0.4, -0.2) is 26.2 Å². The average Bonchev–Trinajstić information content (AvgIpc) is 2.26. The maximum Gasteiger partial charge on any atom is 0.307 e. The summed E-state index contributed by atoms with van der Waals surface area (Å²) in [6.45, 7) is 0. The maximum atomic E-state index is 11.2. The van der Waals surface area contributed by atoms with Gasteiger partial charge in [0, 0.05) is 6.04 Å². The highest BCUT2D eigenvalue weighted by Gasteiger charge is 2.24. The van der Waals surface area contributed by atoms with Gasteiger partial charge < -0.3 is 10.1 Å². The Kier molecular flexibility index (Phi) is 4.94. The van der Waals surface area contributed by atoms with Gasteiger partial charge in [-0.2, -0.15) is 0 Å². The lowest BCUT2D eigenvalue weighted by atomic mass is 9.83. The quantitative estimate of drug-likeness (QED) is 0.701. The number of nitrogens with one attached hydrogen (secondary N) is 1.